The number of aryl methyl sites for hydroxylation is 1. The molecule has 0 bridgehead atoms. The summed E-state index contributed by atoms with van der Waals surface area (Å²) in [7, 11) is 0. The van der Waals surface area contributed by atoms with Gasteiger partial charge in [-0.15, -0.1) is 0 Å². The van der Waals surface area contributed by atoms with E-state index in [1.54, 1.807) is 37.3 Å². The van der Waals surface area contributed by atoms with Gasteiger partial charge >= 0.3 is 6.18 Å². The molecule has 0 saturated heterocycles. The molecule has 0 aliphatic carbocycles. The van der Waals surface area contributed by atoms with Gasteiger partial charge in [-0.05, 0) is 37.3 Å². The van der Waals surface area contributed by atoms with E-state index in [9.17, 15) is 13.2 Å². The molecule has 0 unspecified atom stereocenters. The van der Waals surface area contributed by atoms with Crippen molar-refractivity contribution in [2.75, 3.05) is 0 Å². The molecule has 0 saturated carbocycles. The predicted molar refractivity (Wildman–Crippen MR) is 69.2 cm³/mol. The van der Waals surface area contributed by atoms with Crippen LogP contribution in [0.15, 0.2) is 47.0 Å². The van der Waals surface area contributed by atoms with Crippen molar-refractivity contribution < 1.29 is 17.6 Å². The second kappa shape index (κ2) is 4.37. The summed E-state index contributed by atoms with van der Waals surface area (Å²) in [5.74, 6) is 1.07. The number of benzene rings is 1. The Hall–Kier alpha value is -2.30. The van der Waals surface area contributed by atoms with E-state index >= 15 is 0 Å². The van der Waals surface area contributed by atoms with Gasteiger partial charge in [0.2, 0.25) is 0 Å². The monoisotopic (exact) mass is 277 g/mol. The standard InChI is InChI=1S/C15H10F3NO/c1-9-4-5-13(20-9)11-7-10-3-2-6-19-14(10)12(8-11)15(16,17)18/h2-8H,1H3. The maximum atomic E-state index is 13.1. The van der Waals surface area contributed by atoms with Crippen LogP contribution in [0.3, 0.4) is 0 Å². The highest BCUT2D eigenvalue weighted by molar-refractivity contribution is 5.87. The molecule has 0 fully saturated rings. The molecule has 0 N–H and O–H groups in total. The van der Waals surface area contributed by atoms with Gasteiger partial charge in [-0.25, -0.2) is 0 Å². The Balaban J connectivity index is 2.30. The third kappa shape index (κ3) is 2.15. The fraction of sp³-hybridized carbons (Fsp3) is 0.133. The van der Waals surface area contributed by atoms with Gasteiger partial charge in [0.15, 0.2) is 0 Å². The van der Waals surface area contributed by atoms with Crippen molar-refractivity contribution in [3.8, 4) is 11.3 Å². The molecular formula is C15H10F3NO. The van der Waals surface area contributed by atoms with Crippen LogP contribution in [-0.2, 0) is 6.18 Å². The van der Waals surface area contributed by atoms with Gasteiger partial charge in [-0.2, -0.15) is 13.2 Å². The second-order valence-corrected chi connectivity index (χ2v) is 4.51. The number of hydrogen-bond acceptors (Lipinski definition) is 2. The van der Waals surface area contributed by atoms with Crippen LogP contribution >= 0.6 is 0 Å². The lowest BCUT2D eigenvalue weighted by atomic mass is 10.0. The maximum absolute atomic E-state index is 13.1. The summed E-state index contributed by atoms with van der Waals surface area (Å²) in [5, 5.41) is 0.436. The fourth-order valence-electron chi connectivity index (χ4n) is 2.14. The molecule has 0 radical (unpaired) electrons. The van der Waals surface area contributed by atoms with Crippen molar-refractivity contribution in [1.82, 2.24) is 4.98 Å². The number of alkyl halides is 3. The highest BCUT2D eigenvalue weighted by atomic mass is 19.4. The maximum Gasteiger partial charge on any atom is 0.418 e. The zero-order valence-corrected chi connectivity index (χ0v) is 10.5. The Morgan fingerprint density at radius 1 is 1.10 bits per heavy atom. The predicted octanol–water partition coefficient (Wildman–Crippen LogP) is 4.82. The molecule has 2 heterocycles. The van der Waals surface area contributed by atoms with Crippen molar-refractivity contribution in [1.29, 1.82) is 0 Å². The van der Waals surface area contributed by atoms with Crippen LogP contribution in [0.1, 0.15) is 11.3 Å². The van der Waals surface area contributed by atoms with E-state index in [2.05, 4.69) is 4.98 Å². The number of nitrogens with zero attached hydrogens (tertiary/aromatic N) is 1. The van der Waals surface area contributed by atoms with Crippen molar-refractivity contribution >= 4 is 10.9 Å². The van der Waals surface area contributed by atoms with Crippen LogP contribution < -0.4 is 0 Å². The number of fused-ring (bicyclic) bond motifs is 1. The number of aromatic nitrogens is 1. The van der Waals surface area contributed by atoms with Crippen LogP contribution in [0.5, 0.6) is 0 Å². The quantitative estimate of drug-likeness (QED) is 0.637. The first kappa shape index (κ1) is 12.7. The number of rotatable bonds is 1. The van der Waals surface area contributed by atoms with Gasteiger partial charge in [0, 0.05) is 17.1 Å². The Bertz CT molecular complexity index is 774. The summed E-state index contributed by atoms with van der Waals surface area (Å²) in [6.45, 7) is 1.75. The van der Waals surface area contributed by atoms with Crippen LogP contribution in [0, 0.1) is 6.92 Å². The van der Waals surface area contributed by atoms with Crippen LogP contribution in [0.25, 0.3) is 22.2 Å². The normalized spacial score (nSPS) is 12.0. The molecule has 3 rings (SSSR count). The van der Waals surface area contributed by atoms with E-state index in [0.717, 1.165) is 6.07 Å². The van der Waals surface area contributed by atoms with E-state index in [-0.39, 0.29) is 5.52 Å². The van der Waals surface area contributed by atoms with Crippen LogP contribution in [0.4, 0.5) is 13.2 Å². The van der Waals surface area contributed by atoms with Crippen molar-refractivity contribution in [2.45, 2.75) is 13.1 Å². The number of hydrogen-bond donors (Lipinski definition) is 0. The lowest BCUT2D eigenvalue weighted by molar-refractivity contribution is -0.136. The molecule has 1 aromatic carbocycles. The summed E-state index contributed by atoms with van der Waals surface area (Å²) < 4.78 is 44.8. The van der Waals surface area contributed by atoms with Gasteiger partial charge in [-0.3, -0.25) is 4.98 Å². The molecule has 0 aliphatic rings. The molecule has 0 atom stereocenters. The molecule has 2 aromatic heterocycles. The molecular weight excluding hydrogens is 267 g/mol. The summed E-state index contributed by atoms with van der Waals surface area (Å²) >= 11 is 0. The third-order valence-corrected chi connectivity index (χ3v) is 3.04. The highest BCUT2D eigenvalue weighted by Gasteiger charge is 2.34. The second-order valence-electron chi connectivity index (χ2n) is 4.51. The summed E-state index contributed by atoms with van der Waals surface area (Å²) in [6.07, 6.45) is -3.10. The Kier molecular flexibility index (Phi) is 2.78. The topological polar surface area (TPSA) is 26.0 Å². The van der Waals surface area contributed by atoms with E-state index in [0.29, 0.717) is 22.5 Å². The molecule has 102 valence electrons. The summed E-state index contributed by atoms with van der Waals surface area (Å²) in [6, 6.07) is 9.32. The lowest BCUT2D eigenvalue weighted by Crippen LogP contribution is -2.07. The summed E-state index contributed by atoms with van der Waals surface area (Å²) in [5.41, 5.74) is -0.405. The highest BCUT2D eigenvalue weighted by Crippen LogP contribution is 2.37. The van der Waals surface area contributed by atoms with Gasteiger partial charge < -0.3 is 4.42 Å². The van der Waals surface area contributed by atoms with Gasteiger partial charge in [-0.1, -0.05) is 6.07 Å². The van der Waals surface area contributed by atoms with E-state index in [1.165, 1.54) is 6.20 Å². The Morgan fingerprint density at radius 2 is 1.90 bits per heavy atom. The zero-order chi connectivity index (χ0) is 14.3. The Labute approximate surface area is 112 Å². The average molecular weight is 277 g/mol. The van der Waals surface area contributed by atoms with Crippen LogP contribution in [0.2, 0.25) is 0 Å². The molecule has 0 aliphatic heterocycles. The molecule has 3 aromatic rings. The minimum atomic E-state index is -4.45. The number of furan rings is 1. The number of halogens is 3. The molecule has 20 heavy (non-hydrogen) atoms. The van der Waals surface area contributed by atoms with Crippen LogP contribution in [-0.4, -0.2) is 4.98 Å². The van der Waals surface area contributed by atoms with Crippen molar-refractivity contribution in [3.05, 3.63) is 53.9 Å². The Morgan fingerprint density at radius 3 is 2.55 bits per heavy atom. The first-order valence-corrected chi connectivity index (χ1v) is 5.98. The SMILES string of the molecule is Cc1ccc(-c2cc(C(F)(F)F)c3ncccc3c2)o1. The molecule has 0 spiro atoms. The number of pyridine rings is 1. The zero-order valence-electron chi connectivity index (χ0n) is 10.5. The summed E-state index contributed by atoms with van der Waals surface area (Å²) in [4.78, 5) is 3.84. The molecule has 0 amide bonds. The smallest absolute Gasteiger partial charge is 0.418 e. The van der Waals surface area contributed by atoms with E-state index in [1.807, 2.05) is 0 Å². The van der Waals surface area contributed by atoms with Gasteiger partial charge in [0.25, 0.3) is 0 Å². The lowest BCUT2D eigenvalue weighted by Gasteiger charge is -2.11. The minimum absolute atomic E-state index is 0.0490. The first-order valence-electron chi connectivity index (χ1n) is 5.98. The minimum Gasteiger partial charge on any atom is -0.461 e. The molecule has 5 heteroatoms. The van der Waals surface area contributed by atoms with Gasteiger partial charge in [0.1, 0.15) is 11.5 Å². The van der Waals surface area contributed by atoms with Crippen molar-refractivity contribution in [2.24, 2.45) is 0 Å². The third-order valence-electron chi connectivity index (χ3n) is 3.04. The fourth-order valence-corrected chi connectivity index (χ4v) is 2.14. The van der Waals surface area contributed by atoms with Crippen molar-refractivity contribution in [3.63, 3.8) is 0 Å². The van der Waals surface area contributed by atoms with Gasteiger partial charge in [0.05, 0.1) is 11.1 Å². The molecule has 2 nitrogen and oxygen atoms in total. The first-order chi connectivity index (χ1) is 9.45. The average Bonchev–Trinajstić information content (AvgIpc) is 2.83. The van der Waals surface area contributed by atoms with E-state index < -0.39 is 11.7 Å². The largest absolute Gasteiger partial charge is 0.461 e. The van der Waals surface area contributed by atoms with E-state index in [4.69, 9.17) is 4.42 Å².